The number of nitrogens with zero attached hydrogens (tertiary/aromatic N) is 1. The Hall–Kier alpha value is -1.72. The molecule has 0 atom stereocenters. The molecule has 0 fully saturated rings. The predicted octanol–water partition coefficient (Wildman–Crippen LogP) is 1.89. The molecule has 21 heavy (non-hydrogen) atoms. The van der Waals surface area contributed by atoms with Crippen LogP contribution in [0.1, 0.15) is 27.9 Å². The first-order valence-electron chi connectivity index (χ1n) is 7.11. The normalized spacial score (nSPS) is 14.0. The molecule has 1 amide bonds. The van der Waals surface area contributed by atoms with Crippen LogP contribution in [0.25, 0.3) is 0 Å². The topological polar surface area (TPSA) is 55.8 Å². The van der Waals surface area contributed by atoms with Gasteiger partial charge < -0.3 is 14.4 Å². The Morgan fingerprint density at radius 2 is 1.76 bits per heavy atom. The molecule has 0 spiro atoms. The fraction of sp³-hybridized carbons (Fsp3) is 0.500. The van der Waals surface area contributed by atoms with Gasteiger partial charge in [0, 0.05) is 26.9 Å². The predicted molar refractivity (Wildman–Crippen MR) is 79.9 cm³/mol. The molecule has 0 saturated carbocycles. The lowest BCUT2D eigenvalue weighted by atomic mass is 10.0. The Kier molecular flexibility index (Phi) is 5.09. The summed E-state index contributed by atoms with van der Waals surface area (Å²) in [5, 5.41) is 0. The molecule has 0 N–H and O–H groups in total. The van der Waals surface area contributed by atoms with E-state index in [1.165, 1.54) is 4.90 Å². The highest BCUT2D eigenvalue weighted by Crippen LogP contribution is 2.34. The summed E-state index contributed by atoms with van der Waals surface area (Å²) in [5.41, 5.74) is 3.07. The molecule has 1 aliphatic heterocycles. The first-order valence-corrected chi connectivity index (χ1v) is 7.11. The van der Waals surface area contributed by atoms with E-state index in [0.717, 1.165) is 23.2 Å². The van der Waals surface area contributed by atoms with Gasteiger partial charge in [-0.2, -0.15) is 0 Å². The van der Waals surface area contributed by atoms with E-state index in [2.05, 4.69) is 0 Å². The number of aryl methyl sites for hydroxylation is 2. The van der Waals surface area contributed by atoms with E-state index in [9.17, 15) is 9.59 Å². The summed E-state index contributed by atoms with van der Waals surface area (Å²) >= 11 is 0. The van der Waals surface area contributed by atoms with Gasteiger partial charge in [0.25, 0.3) is 11.7 Å². The van der Waals surface area contributed by atoms with Gasteiger partial charge in [-0.15, -0.1) is 0 Å². The van der Waals surface area contributed by atoms with Gasteiger partial charge in [0.1, 0.15) is 0 Å². The summed E-state index contributed by atoms with van der Waals surface area (Å²) in [7, 11) is 1.65. The second-order valence-electron chi connectivity index (χ2n) is 5.17. The number of hydrogen-bond acceptors (Lipinski definition) is 4. The number of ketones is 1. The number of methoxy groups -OCH3 is 1. The molecule has 1 aromatic rings. The number of ether oxygens (including phenoxy) is 2. The van der Waals surface area contributed by atoms with E-state index in [0.29, 0.717) is 31.9 Å². The molecule has 1 aliphatic rings. The molecule has 5 heteroatoms. The first kappa shape index (κ1) is 15.7. The van der Waals surface area contributed by atoms with Crippen LogP contribution in [0, 0.1) is 13.8 Å². The highest BCUT2D eigenvalue weighted by molar-refractivity contribution is 6.52. The number of amides is 1. The van der Waals surface area contributed by atoms with Gasteiger partial charge in [0.05, 0.1) is 17.9 Å². The summed E-state index contributed by atoms with van der Waals surface area (Å²) in [6.07, 6.45) is 0.818. The fourth-order valence-corrected chi connectivity index (χ4v) is 2.54. The molecule has 1 heterocycles. The monoisotopic (exact) mass is 291 g/mol. The van der Waals surface area contributed by atoms with Crippen LogP contribution < -0.4 is 4.90 Å². The molecule has 0 unspecified atom stereocenters. The summed E-state index contributed by atoms with van der Waals surface area (Å²) in [5.74, 6) is -0.867. The van der Waals surface area contributed by atoms with Gasteiger partial charge in [0.2, 0.25) is 0 Å². The highest BCUT2D eigenvalue weighted by Gasteiger charge is 2.37. The van der Waals surface area contributed by atoms with Gasteiger partial charge in [0.15, 0.2) is 0 Å². The second kappa shape index (κ2) is 6.83. The summed E-state index contributed by atoms with van der Waals surface area (Å²) in [6.45, 7) is 5.82. The molecule has 0 saturated heterocycles. The molecular weight excluding hydrogens is 270 g/mol. The summed E-state index contributed by atoms with van der Waals surface area (Å²) in [6, 6.07) is 3.82. The van der Waals surface area contributed by atoms with Gasteiger partial charge in [-0.1, -0.05) is 12.1 Å². The standard InChI is InChI=1S/C16H21NO4/c1-11-5-6-12(2)14-13(11)15(18)16(19)17(14)7-10-21-9-4-8-20-3/h5-6H,4,7-10H2,1-3H3. The van der Waals surface area contributed by atoms with Crippen molar-refractivity contribution in [2.45, 2.75) is 20.3 Å². The van der Waals surface area contributed by atoms with Crippen LogP contribution in [-0.2, 0) is 14.3 Å². The minimum Gasteiger partial charge on any atom is -0.385 e. The summed E-state index contributed by atoms with van der Waals surface area (Å²) < 4.78 is 10.4. The number of hydrogen-bond donors (Lipinski definition) is 0. The smallest absolute Gasteiger partial charge is 0.299 e. The van der Waals surface area contributed by atoms with E-state index < -0.39 is 11.7 Å². The number of carbonyl (C=O) groups is 2. The van der Waals surface area contributed by atoms with Crippen LogP contribution in [-0.4, -0.2) is 45.2 Å². The average Bonchev–Trinajstić information content (AvgIpc) is 2.72. The number of Topliss-reactive ketones (excluding diaryl/α,β-unsaturated/α-hetero) is 1. The van der Waals surface area contributed by atoms with Crippen molar-refractivity contribution < 1.29 is 19.1 Å². The lowest BCUT2D eigenvalue weighted by Crippen LogP contribution is -2.33. The van der Waals surface area contributed by atoms with Gasteiger partial charge in [-0.05, 0) is 31.4 Å². The molecule has 5 nitrogen and oxygen atoms in total. The lowest BCUT2D eigenvalue weighted by Gasteiger charge is -2.18. The molecule has 1 aromatic carbocycles. The molecule has 0 aromatic heterocycles. The van der Waals surface area contributed by atoms with Gasteiger partial charge >= 0.3 is 0 Å². The van der Waals surface area contributed by atoms with Crippen LogP contribution in [0.2, 0.25) is 0 Å². The van der Waals surface area contributed by atoms with Gasteiger partial charge in [-0.25, -0.2) is 0 Å². The minimum absolute atomic E-state index is 0.398. The fourth-order valence-electron chi connectivity index (χ4n) is 2.54. The maximum absolute atomic E-state index is 12.1. The van der Waals surface area contributed by atoms with Crippen LogP contribution in [0.5, 0.6) is 0 Å². The van der Waals surface area contributed by atoms with Crippen LogP contribution in [0.4, 0.5) is 5.69 Å². The van der Waals surface area contributed by atoms with Crippen LogP contribution in [0.15, 0.2) is 12.1 Å². The largest absolute Gasteiger partial charge is 0.385 e. The van der Waals surface area contributed by atoms with Crippen molar-refractivity contribution in [3.8, 4) is 0 Å². The number of carbonyl (C=O) groups excluding carboxylic acids is 2. The Morgan fingerprint density at radius 3 is 2.48 bits per heavy atom. The number of benzene rings is 1. The van der Waals surface area contributed by atoms with Crippen LogP contribution in [0.3, 0.4) is 0 Å². The van der Waals surface area contributed by atoms with E-state index in [4.69, 9.17) is 9.47 Å². The van der Waals surface area contributed by atoms with Crippen molar-refractivity contribution >= 4 is 17.4 Å². The lowest BCUT2D eigenvalue weighted by molar-refractivity contribution is -0.114. The molecule has 2 rings (SSSR count). The zero-order chi connectivity index (χ0) is 15.4. The number of fused-ring (bicyclic) bond motifs is 1. The van der Waals surface area contributed by atoms with Crippen molar-refractivity contribution in [1.82, 2.24) is 0 Å². The summed E-state index contributed by atoms with van der Waals surface area (Å²) in [4.78, 5) is 25.8. The maximum Gasteiger partial charge on any atom is 0.299 e. The van der Waals surface area contributed by atoms with E-state index >= 15 is 0 Å². The highest BCUT2D eigenvalue weighted by atomic mass is 16.5. The van der Waals surface area contributed by atoms with Crippen LogP contribution >= 0.6 is 0 Å². The number of anilines is 1. The first-order chi connectivity index (χ1) is 10.1. The minimum atomic E-state index is -0.456. The molecular formula is C16H21NO4. The van der Waals surface area contributed by atoms with Gasteiger partial charge in [-0.3, -0.25) is 9.59 Å². The van der Waals surface area contributed by atoms with E-state index in [-0.39, 0.29) is 0 Å². The molecule has 0 bridgehead atoms. The maximum atomic E-state index is 12.1. The third-order valence-corrected chi connectivity index (χ3v) is 3.62. The zero-order valence-corrected chi connectivity index (χ0v) is 12.8. The zero-order valence-electron chi connectivity index (χ0n) is 12.8. The Bertz CT molecular complexity index is 553. The van der Waals surface area contributed by atoms with Crippen molar-refractivity contribution in [3.63, 3.8) is 0 Å². The van der Waals surface area contributed by atoms with Crippen molar-refractivity contribution in [3.05, 3.63) is 28.8 Å². The van der Waals surface area contributed by atoms with E-state index in [1.807, 2.05) is 26.0 Å². The molecule has 114 valence electrons. The quantitative estimate of drug-likeness (QED) is 0.568. The Balaban J connectivity index is 2.04. The number of rotatable bonds is 7. The third-order valence-electron chi connectivity index (χ3n) is 3.62. The third kappa shape index (κ3) is 3.14. The Labute approximate surface area is 124 Å². The van der Waals surface area contributed by atoms with Crippen molar-refractivity contribution in [2.75, 3.05) is 38.4 Å². The van der Waals surface area contributed by atoms with E-state index in [1.54, 1.807) is 7.11 Å². The Morgan fingerprint density at radius 1 is 1.05 bits per heavy atom. The van der Waals surface area contributed by atoms with Crippen molar-refractivity contribution in [1.29, 1.82) is 0 Å². The SMILES string of the molecule is COCCCOCCN1C(=O)C(=O)c2c(C)ccc(C)c21. The van der Waals surface area contributed by atoms with Crippen molar-refractivity contribution in [2.24, 2.45) is 0 Å². The molecule has 0 radical (unpaired) electrons. The second-order valence-corrected chi connectivity index (χ2v) is 5.17. The molecule has 0 aliphatic carbocycles. The average molecular weight is 291 g/mol.